The number of rotatable bonds is 7. The number of nitrogens with one attached hydrogen (secondary N) is 2. The van der Waals surface area contributed by atoms with Gasteiger partial charge in [-0.25, -0.2) is 4.79 Å². The Hall–Kier alpha value is -2.97. The molecule has 0 heterocycles. The van der Waals surface area contributed by atoms with Crippen LogP contribution in [0.2, 0.25) is 5.02 Å². The van der Waals surface area contributed by atoms with Crippen LogP contribution < -0.4 is 10.6 Å². The Labute approximate surface area is 164 Å². The van der Waals surface area contributed by atoms with Gasteiger partial charge < -0.3 is 15.4 Å². The summed E-state index contributed by atoms with van der Waals surface area (Å²) in [6.07, 6.45) is 0.252. The largest absolute Gasteiger partial charge is 0.445 e. The monoisotopic (exact) mass is 384 g/mol. The molecule has 0 spiro atoms. The Morgan fingerprint density at radius 2 is 1.67 bits per heavy atom. The van der Waals surface area contributed by atoms with Crippen LogP contribution in [0.5, 0.6) is 0 Å². The Balaban J connectivity index is 1.53. The van der Waals surface area contributed by atoms with E-state index in [-0.39, 0.29) is 12.5 Å². The molecule has 0 bridgehead atoms. The van der Waals surface area contributed by atoms with Crippen molar-refractivity contribution in [2.45, 2.75) is 19.4 Å². The number of carbonyl (C=O) groups is 2. The van der Waals surface area contributed by atoms with Gasteiger partial charge in [0.2, 0.25) is 5.91 Å². The van der Waals surface area contributed by atoms with Gasteiger partial charge >= 0.3 is 6.09 Å². The second kappa shape index (κ2) is 11.6. The van der Waals surface area contributed by atoms with Gasteiger partial charge in [-0.3, -0.25) is 4.79 Å². The van der Waals surface area contributed by atoms with E-state index in [2.05, 4.69) is 22.5 Å². The van der Waals surface area contributed by atoms with E-state index >= 15 is 0 Å². The molecule has 2 amide bonds. The standard InChI is InChI=1S/C21H21ClN2O3/c22-19-12-10-17(11-13-19)6-4-5-9-20(25)23-14-15-24-21(26)27-16-18-7-2-1-3-8-18/h1-3,7-8,10-13H,5,9,14-16H2,(H,23,25)(H,24,26). The van der Waals surface area contributed by atoms with Gasteiger partial charge in [-0.05, 0) is 29.8 Å². The van der Waals surface area contributed by atoms with E-state index in [1.54, 1.807) is 12.1 Å². The molecular formula is C21H21ClN2O3. The summed E-state index contributed by atoms with van der Waals surface area (Å²) in [7, 11) is 0. The van der Waals surface area contributed by atoms with Gasteiger partial charge in [0.15, 0.2) is 0 Å². The molecule has 2 aromatic rings. The minimum absolute atomic E-state index is 0.111. The van der Waals surface area contributed by atoms with Crippen molar-refractivity contribution in [3.8, 4) is 11.8 Å². The maximum Gasteiger partial charge on any atom is 0.407 e. The molecule has 0 aliphatic heterocycles. The zero-order valence-electron chi connectivity index (χ0n) is 14.8. The van der Waals surface area contributed by atoms with Crippen LogP contribution in [0.1, 0.15) is 24.0 Å². The van der Waals surface area contributed by atoms with Crippen LogP contribution in [-0.2, 0) is 16.1 Å². The highest BCUT2D eigenvalue weighted by Gasteiger charge is 2.03. The topological polar surface area (TPSA) is 67.4 Å². The molecule has 0 saturated carbocycles. The summed E-state index contributed by atoms with van der Waals surface area (Å²) in [4.78, 5) is 23.3. The second-order valence-electron chi connectivity index (χ2n) is 5.65. The van der Waals surface area contributed by atoms with E-state index in [9.17, 15) is 9.59 Å². The predicted molar refractivity (Wildman–Crippen MR) is 105 cm³/mol. The van der Waals surface area contributed by atoms with Crippen molar-refractivity contribution in [3.05, 3.63) is 70.7 Å². The van der Waals surface area contributed by atoms with E-state index in [1.807, 2.05) is 42.5 Å². The highest BCUT2D eigenvalue weighted by molar-refractivity contribution is 6.30. The molecule has 0 unspecified atom stereocenters. The number of amides is 2. The zero-order chi connectivity index (χ0) is 19.3. The van der Waals surface area contributed by atoms with Crippen molar-refractivity contribution in [3.63, 3.8) is 0 Å². The molecule has 0 atom stereocenters. The minimum atomic E-state index is -0.512. The summed E-state index contributed by atoms with van der Waals surface area (Å²) in [6, 6.07) is 16.6. The van der Waals surface area contributed by atoms with Crippen molar-refractivity contribution in [1.82, 2.24) is 10.6 Å². The van der Waals surface area contributed by atoms with Gasteiger partial charge in [-0.1, -0.05) is 53.8 Å². The Kier molecular flexibility index (Phi) is 8.75. The molecule has 0 fully saturated rings. The van der Waals surface area contributed by atoms with Crippen LogP contribution in [0.15, 0.2) is 54.6 Å². The number of benzene rings is 2. The molecule has 140 valence electrons. The fourth-order valence-electron chi connectivity index (χ4n) is 2.10. The van der Waals surface area contributed by atoms with Gasteiger partial charge in [0.25, 0.3) is 0 Å². The molecule has 0 aliphatic rings. The van der Waals surface area contributed by atoms with Gasteiger partial charge in [-0.15, -0.1) is 0 Å². The van der Waals surface area contributed by atoms with E-state index < -0.39 is 6.09 Å². The third kappa shape index (κ3) is 8.80. The van der Waals surface area contributed by atoms with E-state index in [0.717, 1.165) is 11.1 Å². The molecule has 6 heteroatoms. The molecular weight excluding hydrogens is 364 g/mol. The van der Waals surface area contributed by atoms with Gasteiger partial charge in [0, 0.05) is 36.5 Å². The summed E-state index contributed by atoms with van der Waals surface area (Å²) in [6.45, 7) is 0.852. The van der Waals surface area contributed by atoms with Crippen LogP contribution in [-0.4, -0.2) is 25.1 Å². The summed E-state index contributed by atoms with van der Waals surface area (Å²) in [5.74, 6) is 5.81. The molecule has 2 rings (SSSR count). The number of hydrogen-bond acceptors (Lipinski definition) is 3. The number of ether oxygens (including phenoxy) is 1. The molecule has 0 radical (unpaired) electrons. The maximum absolute atomic E-state index is 11.7. The third-order valence-corrected chi connectivity index (χ3v) is 3.74. The minimum Gasteiger partial charge on any atom is -0.445 e. The summed E-state index contributed by atoms with van der Waals surface area (Å²) in [5.41, 5.74) is 1.78. The number of hydrogen-bond donors (Lipinski definition) is 2. The molecule has 0 saturated heterocycles. The lowest BCUT2D eigenvalue weighted by Crippen LogP contribution is -2.34. The van der Waals surface area contributed by atoms with Crippen LogP contribution >= 0.6 is 11.6 Å². The number of alkyl carbamates (subject to hydrolysis) is 1. The third-order valence-electron chi connectivity index (χ3n) is 3.48. The first-order chi connectivity index (χ1) is 13.1. The summed E-state index contributed by atoms with van der Waals surface area (Å²) >= 11 is 5.80. The zero-order valence-corrected chi connectivity index (χ0v) is 15.6. The van der Waals surface area contributed by atoms with Crippen molar-refractivity contribution in [2.24, 2.45) is 0 Å². The predicted octanol–water partition coefficient (Wildman–Crippen LogP) is 3.51. The quantitative estimate of drug-likeness (QED) is 0.567. The van der Waals surface area contributed by atoms with Crippen LogP contribution in [0.25, 0.3) is 0 Å². The second-order valence-corrected chi connectivity index (χ2v) is 6.08. The average Bonchev–Trinajstić information content (AvgIpc) is 2.69. The Bertz CT molecular complexity index is 796. The lowest BCUT2D eigenvalue weighted by Gasteiger charge is -2.07. The van der Waals surface area contributed by atoms with E-state index in [1.165, 1.54) is 0 Å². The molecule has 27 heavy (non-hydrogen) atoms. The van der Waals surface area contributed by atoms with Crippen molar-refractivity contribution < 1.29 is 14.3 Å². The highest BCUT2D eigenvalue weighted by Crippen LogP contribution is 2.08. The summed E-state index contributed by atoms with van der Waals surface area (Å²) in [5, 5.41) is 5.97. The first-order valence-electron chi connectivity index (χ1n) is 8.59. The van der Waals surface area contributed by atoms with Gasteiger partial charge in [0.05, 0.1) is 0 Å². The number of carbonyl (C=O) groups excluding carboxylic acids is 2. The van der Waals surface area contributed by atoms with Crippen molar-refractivity contribution >= 4 is 23.6 Å². The molecule has 0 aliphatic carbocycles. The fraction of sp³-hybridized carbons (Fsp3) is 0.238. The van der Waals surface area contributed by atoms with Crippen LogP contribution in [0.3, 0.4) is 0 Å². The first kappa shape index (κ1) is 20.3. The van der Waals surface area contributed by atoms with Crippen molar-refractivity contribution in [2.75, 3.05) is 13.1 Å². The average molecular weight is 385 g/mol. The number of halogens is 1. The fourth-order valence-corrected chi connectivity index (χ4v) is 2.23. The molecule has 2 aromatic carbocycles. The van der Waals surface area contributed by atoms with E-state index in [4.69, 9.17) is 16.3 Å². The lowest BCUT2D eigenvalue weighted by atomic mass is 10.2. The van der Waals surface area contributed by atoms with Crippen LogP contribution in [0.4, 0.5) is 4.79 Å². The smallest absolute Gasteiger partial charge is 0.407 e. The SMILES string of the molecule is O=C(CCC#Cc1ccc(Cl)cc1)NCCNC(=O)OCc1ccccc1. The molecule has 0 aromatic heterocycles. The normalized spacial score (nSPS) is 9.67. The maximum atomic E-state index is 11.7. The molecule has 2 N–H and O–H groups in total. The highest BCUT2D eigenvalue weighted by atomic mass is 35.5. The Morgan fingerprint density at radius 1 is 0.963 bits per heavy atom. The van der Waals surface area contributed by atoms with Crippen molar-refractivity contribution in [1.29, 1.82) is 0 Å². The van der Waals surface area contributed by atoms with Gasteiger partial charge in [0.1, 0.15) is 6.61 Å². The summed E-state index contributed by atoms with van der Waals surface area (Å²) < 4.78 is 5.07. The first-order valence-corrected chi connectivity index (χ1v) is 8.97. The Morgan fingerprint density at radius 3 is 2.41 bits per heavy atom. The van der Waals surface area contributed by atoms with Crippen LogP contribution in [0, 0.1) is 11.8 Å². The van der Waals surface area contributed by atoms with E-state index in [0.29, 0.717) is 31.0 Å². The van der Waals surface area contributed by atoms with Gasteiger partial charge in [-0.2, -0.15) is 0 Å². The lowest BCUT2D eigenvalue weighted by molar-refractivity contribution is -0.120. The molecule has 5 nitrogen and oxygen atoms in total.